The summed E-state index contributed by atoms with van der Waals surface area (Å²) in [6, 6.07) is 9.71. The predicted molar refractivity (Wildman–Crippen MR) is 80.2 cm³/mol. The summed E-state index contributed by atoms with van der Waals surface area (Å²) in [6.07, 6.45) is 0. The van der Waals surface area contributed by atoms with Crippen molar-refractivity contribution in [1.29, 1.82) is 5.26 Å². The van der Waals surface area contributed by atoms with E-state index in [0.29, 0.717) is 18.1 Å². The second-order valence-corrected chi connectivity index (χ2v) is 3.81. The molecule has 0 saturated heterocycles. The minimum absolute atomic E-state index is 0. The summed E-state index contributed by atoms with van der Waals surface area (Å²) < 4.78 is 0. The highest BCUT2D eigenvalue weighted by atomic mass is 127. The second-order valence-electron chi connectivity index (χ2n) is 3.81. The molecule has 0 unspecified atom stereocenters. The van der Waals surface area contributed by atoms with Gasteiger partial charge in [-0.15, -0.1) is 24.0 Å². The fraction of sp³-hybridized carbons (Fsp3) is 0.333. The molecule has 0 aromatic heterocycles. The van der Waals surface area contributed by atoms with E-state index in [0.717, 1.165) is 5.56 Å². The van der Waals surface area contributed by atoms with Gasteiger partial charge in [0.05, 0.1) is 18.2 Å². The molecule has 0 aliphatic carbocycles. The van der Waals surface area contributed by atoms with Gasteiger partial charge in [-0.05, 0) is 31.5 Å². The lowest BCUT2D eigenvalue weighted by molar-refractivity contribution is 0.723. The maximum atomic E-state index is 8.74. The number of nitrogens with one attached hydrogen (secondary N) is 1. The maximum absolute atomic E-state index is 8.74. The highest BCUT2D eigenvalue weighted by Crippen LogP contribution is 2.05. The van der Waals surface area contributed by atoms with Gasteiger partial charge < -0.3 is 11.1 Å². The number of guanidine groups is 1. The van der Waals surface area contributed by atoms with Crippen molar-refractivity contribution in [3.8, 4) is 6.07 Å². The smallest absolute Gasteiger partial charge is 0.189 e. The average Bonchev–Trinajstić information content (AvgIpc) is 2.26. The van der Waals surface area contributed by atoms with E-state index in [1.165, 1.54) is 0 Å². The molecule has 0 aliphatic rings. The summed E-state index contributed by atoms with van der Waals surface area (Å²) in [5.74, 6) is 0.428. The number of nitrogens with zero attached hydrogens (tertiary/aromatic N) is 2. The van der Waals surface area contributed by atoms with Crippen LogP contribution in [-0.2, 0) is 6.54 Å². The van der Waals surface area contributed by atoms with Crippen LogP contribution in [0, 0.1) is 11.3 Å². The molecule has 0 spiro atoms. The molecule has 3 N–H and O–H groups in total. The lowest BCUT2D eigenvalue weighted by atomic mass is 10.1. The highest BCUT2D eigenvalue weighted by Gasteiger charge is 1.96. The van der Waals surface area contributed by atoms with Crippen LogP contribution < -0.4 is 11.1 Å². The van der Waals surface area contributed by atoms with Gasteiger partial charge in [-0.1, -0.05) is 12.1 Å². The van der Waals surface area contributed by atoms with Crippen LogP contribution in [-0.4, -0.2) is 12.0 Å². The maximum Gasteiger partial charge on any atom is 0.189 e. The normalized spacial score (nSPS) is 10.6. The number of nitriles is 1. The number of rotatable bonds is 3. The van der Waals surface area contributed by atoms with Crippen LogP contribution in [0.4, 0.5) is 0 Å². The Bertz CT molecular complexity index is 421. The first-order valence-corrected chi connectivity index (χ1v) is 5.17. The third-order valence-electron chi connectivity index (χ3n) is 1.92. The Labute approximate surface area is 119 Å². The lowest BCUT2D eigenvalue weighted by Gasteiger charge is -2.08. The molecular weight excluding hydrogens is 327 g/mol. The monoisotopic (exact) mass is 344 g/mol. The first kappa shape index (κ1) is 15.7. The molecule has 92 valence electrons. The molecule has 4 nitrogen and oxygen atoms in total. The highest BCUT2D eigenvalue weighted by molar-refractivity contribution is 14.0. The standard InChI is InChI=1S/C12H16N4.HI/c1-9(2)16-12(14)15-8-11-5-3-4-10(6-11)7-13;/h3-6,9H,8H2,1-2H3,(H3,14,15,16);1H. The van der Waals surface area contributed by atoms with E-state index in [9.17, 15) is 0 Å². The molecule has 1 aromatic carbocycles. The summed E-state index contributed by atoms with van der Waals surface area (Å²) in [5.41, 5.74) is 7.29. The van der Waals surface area contributed by atoms with Gasteiger partial charge in [0.1, 0.15) is 0 Å². The summed E-state index contributed by atoms with van der Waals surface area (Å²) in [7, 11) is 0. The molecule has 0 heterocycles. The number of nitrogens with two attached hydrogens (primary N) is 1. The molecule has 1 rings (SSSR count). The van der Waals surface area contributed by atoms with Crippen LogP contribution >= 0.6 is 24.0 Å². The molecule has 0 amide bonds. The fourth-order valence-corrected chi connectivity index (χ4v) is 1.26. The second kappa shape index (κ2) is 7.90. The molecular formula is C12H17IN4. The van der Waals surface area contributed by atoms with Crippen molar-refractivity contribution < 1.29 is 0 Å². The van der Waals surface area contributed by atoms with Gasteiger partial charge in [0.25, 0.3) is 0 Å². The van der Waals surface area contributed by atoms with E-state index in [1.807, 2.05) is 32.0 Å². The van der Waals surface area contributed by atoms with E-state index in [1.54, 1.807) is 6.07 Å². The zero-order chi connectivity index (χ0) is 12.0. The van der Waals surface area contributed by atoms with Crippen molar-refractivity contribution in [1.82, 2.24) is 5.32 Å². The molecule has 0 aliphatic heterocycles. The molecule has 0 saturated carbocycles. The van der Waals surface area contributed by atoms with Gasteiger partial charge in [0.15, 0.2) is 5.96 Å². The zero-order valence-corrected chi connectivity index (χ0v) is 12.3. The van der Waals surface area contributed by atoms with E-state index >= 15 is 0 Å². The first-order chi connectivity index (χ1) is 7.61. The Morgan fingerprint density at radius 1 is 1.53 bits per heavy atom. The number of benzene rings is 1. The van der Waals surface area contributed by atoms with Gasteiger partial charge in [0, 0.05) is 6.04 Å². The summed E-state index contributed by atoms with van der Waals surface area (Å²) in [6.45, 7) is 4.48. The van der Waals surface area contributed by atoms with Gasteiger partial charge in [-0.2, -0.15) is 5.26 Å². The third-order valence-corrected chi connectivity index (χ3v) is 1.92. The Morgan fingerprint density at radius 2 is 2.24 bits per heavy atom. The number of halogens is 1. The third kappa shape index (κ3) is 6.12. The molecule has 0 radical (unpaired) electrons. The van der Waals surface area contributed by atoms with Crippen molar-refractivity contribution in [2.45, 2.75) is 26.4 Å². The Hall–Kier alpha value is -1.29. The van der Waals surface area contributed by atoms with Crippen LogP contribution in [0.25, 0.3) is 0 Å². The van der Waals surface area contributed by atoms with Crippen molar-refractivity contribution in [2.24, 2.45) is 10.7 Å². The summed E-state index contributed by atoms with van der Waals surface area (Å²) in [5, 5.41) is 11.7. The van der Waals surface area contributed by atoms with Gasteiger partial charge in [0.2, 0.25) is 0 Å². The quantitative estimate of drug-likeness (QED) is 0.500. The lowest BCUT2D eigenvalue weighted by Crippen LogP contribution is -2.36. The topological polar surface area (TPSA) is 74.2 Å². The van der Waals surface area contributed by atoms with Gasteiger partial charge in [-0.3, -0.25) is 0 Å². The minimum atomic E-state index is 0. The van der Waals surface area contributed by atoms with Crippen molar-refractivity contribution >= 4 is 29.9 Å². The molecule has 0 atom stereocenters. The minimum Gasteiger partial charge on any atom is -0.370 e. The van der Waals surface area contributed by atoms with Crippen LogP contribution in [0.2, 0.25) is 0 Å². The Balaban J connectivity index is 0.00000256. The largest absolute Gasteiger partial charge is 0.370 e. The fourth-order valence-electron chi connectivity index (χ4n) is 1.26. The van der Waals surface area contributed by atoms with E-state index in [-0.39, 0.29) is 30.0 Å². The molecule has 17 heavy (non-hydrogen) atoms. The summed E-state index contributed by atoms with van der Waals surface area (Å²) >= 11 is 0. The number of aliphatic imine (C=N–C) groups is 1. The molecule has 5 heteroatoms. The van der Waals surface area contributed by atoms with Crippen LogP contribution in [0.5, 0.6) is 0 Å². The molecule has 1 aromatic rings. The van der Waals surface area contributed by atoms with E-state index < -0.39 is 0 Å². The zero-order valence-electron chi connectivity index (χ0n) is 9.97. The number of hydrogen-bond acceptors (Lipinski definition) is 2. The Kier molecular flexibility index (Phi) is 7.30. The average molecular weight is 344 g/mol. The first-order valence-electron chi connectivity index (χ1n) is 5.17. The summed E-state index contributed by atoms with van der Waals surface area (Å²) in [4.78, 5) is 4.18. The molecule has 0 bridgehead atoms. The van der Waals surface area contributed by atoms with Crippen LogP contribution in [0.15, 0.2) is 29.3 Å². The molecule has 0 fully saturated rings. The van der Waals surface area contributed by atoms with Crippen molar-refractivity contribution in [3.63, 3.8) is 0 Å². The van der Waals surface area contributed by atoms with Crippen molar-refractivity contribution in [3.05, 3.63) is 35.4 Å². The van der Waals surface area contributed by atoms with E-state index in [4.69, 9.17) is 11.0 Å². The van der Waals surface area contributed by atoms with Gasteiger partial charge >= 0.3 is 0 Å². The van der Waals surface area contributed by atoms with E-state index in [2.05, 4.69) is 16.4 Å². The SMILES string of the molecule is CC(C)NC(N)=NCc1cccc(C#N)c1.I. The predicted octanol–water partition coefficient (Wildman–Crippen LogP) is 1.99. The van der Waals surface area contributed by atoms with Crippen LogP contribution in [0.3, 0.4) is 0 Å². The Morgan fingerprint density at radius 3 is 2.82 bits per heavy atom. The number of hydrogen-bond donors (Lipinski definition) is 2. The van der Waals surface area contributed by atoms with Crippen LogP contribution in [0.1, 0.15) is 25.0 Å². The van der Waals surface area contributed by atoms with Gasteiger partial charge in [-0.25, -0.2) is 4.99 Å². The van der Waals surface area contributed by atoms with Crippen molar-refractivity contribution in [2.75, 3.05) is 0 Å².